The monoisotopic (exact) mass is 924 g/mol. The molecule has 0 saturated carbocycles. The Balaban J connectivity index is 0.00000120. The molecule has 2 aromatic carbocycles. The van der Waals surface area contributed by atoms with E-state index in [1.54, 1.807) is 52.6 Å². The largest absolute Gasteiger partial charge is 0.475 e. The Bertz CT molecular complexity index is 2370. The zero-order chi connectivity index (χ0) is 46.6. The number of carbonyl (C=O) groups is 4. The van der Waals surface area contributed by atoms with Gasteiger partial charge >= 0.3 is 6.18 Å². The van der Waals surface area contributed by atoms with Gasteiger partial charge in [-0.25, -0.2) is 9.97 Å². The molecule has 1 aliphatic heterocycles. The molecule has 4 heterocycles. The van der Waals surface area contributed by atoms with E-state index in [1.165, 1.54) is 6.20 Å². The number of rotatable bonds is 16. The number of aromatic amines is 1. The van der Waals surface area contributed by atoms with Crippen molar-refractivity contribution >= 4 is 64.8 Å². The number of nitrogens with two attached hydrogens (primary N) is 2. The van der Waals surface area contributed by atoms with Crippen molar-refractivity contribution < 1.29 is 41.8 Å². The lowest BCUT2D eigenvalue weighted by Crippen LogP contribution is -2.58. The first-order valence-corrected chi connectivity index (χ1v) is 21.6. The van der Waals surface area contributed by atoms with E-state index in [4.69, 9.17) is 20.9 Å². The number of nitrogens with zero attached hydrogens (tertiary/aromatic N) is 4. The number of alkyl halides is 3. The zero-order valence-corrected chi connectivity index (χ0v) is 37.3. The van der Waals surface area contributed by atoms with Crippen LogP contribution in [0.15, 0.2) is 72.4 Å². The number of H-pyrrole nitrogens is 1. The smallest absolute Gasteiger partial charge is 0.397 e. The predicted molar refractivity (Wildman–Crippen MR) is 241 cm³/mol. The van der Waals surface area contributed by atoms with Crippen molar-refractivity contribution in [3.8, 4) is 27.6 Å². The van der Waals surface area contributed by atoms with E-state index < -0.39 is 41.2 Å². The summed E-state index contributed by atoms with van der Waals surface area (Å²) in [4.78, 5) is 63.9. The molecule has 4 amide bonds. The molecule has 342 valence electrons. The Labute approximate surface area is 377 Å². The quantitative estimate of drug-likeness (QED) is 0.0343. The fourth-order valence-corrected chi connectivity index (χ4v) is 7.40. The molecule has 6 rings (SSSR count). The topological polar surface area (TPSA) is 233 Å². The van der Waals surface area contributed by atoms with Crippen molar-refractivity contribution in [2.24, 2.45) is 11.1 Å². The van der Waals surface area contributed by atoms with Crippen LogP contribution in [-0.4, -0.2) is 99.1 Å². The number of aromatic nitrogens is 4. The molecular formula is C43H51F3N10O6S2. The molecule has 0 radical (unpaired) electrons. The Kier molecular flexibility index (Phi) is 16.7. The second kappa shape index (κ2) is 21.9. The van der Waals surface area contributed by atoms with Crippen molar-refractivity contribution in [2.45, 2.75) is 65.3 Å². The van der Waals surface area contributed by atoms with E-state index in [9.17, 15) is 32.3 Å². The number of likely N-dealkylation sites (tertiary alicyclic amines) is 1. The summed E-state index contributed by atoms with van der Waals surface area (Å²) in [7, 11) is 0. The number of thiol groups is 1. The fraction of sp³-hybridized carbons (Fsp3) is 0.372. The fourth-order valence-electron chi connectivity index (χ4n) is 6.58. The van der Waals surface area contributed by atoms with E-state index in [0.29, 0.717) is 48.6 Å². The van der Waals surface area contributed by atoms with Crippen LogP contribution in [0.2, 0.25) is 0 Å². The van der Waals surface area contributed by atoms with Gasteiger partial charge in [0.25, 0.3) is 5.91 Å². The highest BCUT2D eigenvalue weighted by molar-refractivity contribution is 7.80. The van der Waals surface area contributed by atoms with Crippen LogP contribution >= 0.6 is 24.0 Å². The summed E-state index contributed by atoms with van der Waals surface area (Å²) in [6.07, 6.45) is -1.36. The molecule has 1 aliphatic rings. The number of primary amides is 1. The van der Waals surface area contributed by atoms with Gasteiger partial charge in [-0.3, -0.25) is 24.3 Å². The number of pyridine rings is 1. The van der Waals surface area contributed by atoms with E-state index in [2.05, 4.69) is 48.7 Å². The maximum absolute atomic E-state index is 13.9. The zero-order valence-electron chi connectivity index (χ0n) is 35.6. The molecule has 1 saturated heterocycles. The van der Waals surface area contributed by atoms with Gasteiger partial charge in [0.1, 0.15) is 30.9 Å². The number of amides is 4. The summed E-state index contributed by atoms with van der Waals surface area (Å²) in [5, 5.41) is 16.0. The third kappa shape index (κ3) is 13.7. The molecule has 2 unspecified atom stereocenters. The third-order valence-electron chi connectivity index (χ3n) is 9.78. The Morgan fingerprint density at radius 1 is 1.02 bits per heavy atom. The molecule has 3 aromatic heterocycles. The van der Waals surface area contributed by atoms with Gasteiger partial charge in [-0.05, 0) is 54.5 Å². The molecular weight excluding hydrogens is 874 g/mol. The minimum atomic E-state index is -4.09. The summed E-state index contributed by atoms with van der Waals surface area (Å²) < 4.78 is 43.4. The average molecular weight is 925 g/mol. The lowest BCUT2D eigenvalue weighted by molar-refractivity contribution is -0.144. The van der Waals surface area contributed by atoms with Crippen molar-refractivity contribution in [3.05, 3.63) is 89.2 Å². The summed E-state index contributed by atoms with van der Waals surface area (Å²) in [6, 6.07) is 16.7. The Hall–Kier alpha value is -6.19. The van der Waals surface area contributed by atoms with Crippen LogP contribution in [0, 0.1) is 12.3 Å². The van der Waals surface area contributed by atoms with Crippen LogP contribution < -0.4 is 32.2 Å². The van der Waals surface area contributed by atoms with E-state index in [1.807, 2.05) is 57.5 Å². The average Bonchev–Trinajstić information content (AvgIpc) is 4.02. The number of thiazole rings is 1. The van der Waals surface area contributed by atoms with Crippen LogP contribution in [0.4, 0.5) is 30.4 Å². The molecule has 5 aromatic rings. The van der Waals surface area contributed by atoms with Gasteiger partial charge in [-0.15, -0.1) is 11.3 Å². The normalized spacial score (nSPS) is 14.2. The highest BCUT2D eigenvalue weighted by atomic mass is 32.1. The number of benzene rings is 2. The summed E-state index contributed by atoms with van der Waals surface area (Å²) >= 11 is 4.56. The van der Waals surface area contributed by atoms with Crippen LogP contribution in [-0.2, 0) is 25.7 Å². The van der Waals surface area contributed by atoms with E-state index in [-0.39, 0.29) is 48.9 Å². The van der Waals surface area contributed by atoms with Gasteiger partial charge in [0.2, 0.25) is 23.6 Å². The van der Waals surface area contributed by atoms with E-state index >= 15 is 0 Å². The van der Waals surface area contributed by atoms with Crippen molar-refractivity contribution in [3.63, 3.8) is 0 Å². The molecule has 8 N–H and O–H groups in total. The van der Waals surface area contributed by atoms with Crippen LogP contribution in [0.5, 0.6) is 5.88 Å². The van der Waals surface area contributed by atoms with Crippen LogP contribution in [0.1, 0.15) is 55.2 Å². The second-order valence-corrected chi connectivity index (χ2v) is 16.9. The number of carbonyl (C=O) groups excluding carboxylic acids is 4. The molecule has 1 fully saturated rings. The Morgan fingerprint density at radius 2 is 1.70 bits per heavy atom. The van der Waals surface area contributed by atoms with Gasteiger partial charge in [0.15, 0.2) is 5.82 Å². The highest BCUT2D eigenvalue weighted by Gasteiger charge is 2.41. The molecule has 2 atom stereocenters. The number of halogens is 3. The van der Waals surface area contributed by atoms with Gasteiger partial charge in [-0.1, -0.05) is 57.2 Å². The van der Waals surface area contributed by atoms with Gasteiger partial charge in [-0.2, -0.15) is 30.9 Å². The molecule has 0 bridgehead atoms. The number of hydrogen-bond acceptors (Lipinski definition) is 13. The van der Waals surface area contributed by atoms with Gasteiger partial charge < -0.3 is 41.8 Å². The maximum atomic E-state index is 13.9. The van der Waals surface area contributed by atoms with Crippen molar-refractivity contribution in [1.82, 2.24) is 35.7 Å². The lowest BCUT2D eigenvalue weighted by atomic mass is 9.85. The number of aryl methyl sites for hydroxylation is 1. The summed E-state index contributed by atoms with van der Waals surface area (Å²) in [6.45, 7) is 8.13. The van der Waals surface area contributed by atoms with Crippen molar-refractivity contribution in [1.29, 1.82) is 0 Å². The maximum Gasteiger partial charge on any atom is 0.397 e. The standard InChI is InChI=1S/C41H48N10O6S.C2H3F3S/c1-24-35(58-23-46-24)27-9-7-25(8-10-27)21-45-39(54)30-6-5-17-51(30)40(55)36(41(2,3)4)48-31(52)22-56-18-19-57-32-20-29(15-16-44-32)47-38-33(37(43)53)34(49-50-38)26-11-13-28(42)14-12-26;3-2(4,5)1-6/h7-16,20,23,30,36H,5-6,17-19,21-22,42H2,1-4H3,(H2,43,53)(H,45,54)(H,48,52)(H2,44,47,49,50);6H,1H2. The number of nitrogen functional groups attached to an aromatic ring is 1. The second-order valence-electron chi connectivity index (χ2n) is 15.7. The van der Waals surface area contributed by atoms with E-state index in [0.717, 1.165) is 21.7 Å². The first kappa shape index (κ1) is 48.8. The number of nitrogens with one attached hydrogen (secondary N) is 4. The first-order chi connectivity index (χ1) is 30.3. The predicted octanol–water partition coefficient (Wildman–Crippen LogP) is 6.04. The van der Waals surface area contributed by atoms with Crippen LogP contribution in [0.25, 0.3) is 21.7 Å². The van der Waals surface area contributed by atoms with Gasteiger partial charge in [0, 0.05) is 42.3 Å². The third-order valence-corrected chi connectivity index (χ3v) is 11.1. The molecule has 0 spiro atoms. The molecule has 0 aliphatic carbocycles. The summed E-state index contributed by atoms with van der Waals surface area (Å²) in [5.74, 6) is -2.24. The minimum Gasteiger partial charge on any atom is -0.475 e. The number of hydrogen-bond donors (Lipinski definition) is 7. The van der Waals surface area contributed by atoms with Crippen molar-refractivity contribution in [2.75, 3.05) is 43.2 Å². The number of anilines is 3. The molecule has 64 heavy (non-hydrogen) atoms. The van der Waals surface area contributed by atoms with Gasteiger partial charge in [0.05, 0.1) is 34.1 Å². The first-order valence-electron chi connectivity index (χ1n) is 20.1. The lowest BCUT2D eigenvalue weighted by Gasteiger charge is -2.35. The number of ether oxygens (including phenoxy) is 2. The summed E-state index contributed by atoms with van der Waals surface area (Å²) in [5.41, 5.74) is 18.1. The van der Waals surface area contributed by atoms with Crippen LogP contribution in [0.3, 0.4) is 0 Å². The Morgan fingerprint density at radius 3 is 2.33 bits per heavy atom. The SMILES string of the molecule is Cc1ncsc1-c1ccc(CNC(=O)C2CCCN2C(=O)C(NC(=O)COCCOc2cc(Nc3n[nH]c(-c4ccc(N)cc4)c3C(N)=O)ccn2)C(C)(C)C)cc1.FC(F)(F)CS. The highest BCUT2D eigenvalue weighted by Crippen LogP contribution is 2.31. The molecule has 16 nitrogen and oxygen atoms in total. The molecule has 21 heteroatoms. The minimum absolute atomic E-state index is 0.0546.